The van der Waals surface area contributed by atoms with Crippen LogP contribution >= 0.6 is 0 Å². The summed E-state index contributed by atoms with van der Waals surface area (Å²) in [7, 11) is -4.50. The van der Waals surface area contributed by atoms with Crippen molar-refractivity contribution in [2.75, 3.05) is 35.5 Å². The lowest BCUT2D eigenvalue weighted by Gasteiger charge is -2.26. The van der Waals surface area contributed by atoms with Crippen LogP contribution in [0.3, 0.4) is 0 Å². The van der Waals surface area contributed by atoms with Crippen LogP contribution in [-0.2, 0) is 26.2 Å². The first-order valence-electron chi connectivity index (χ1n) is 6.59. The molecule has 0 aromatic carbocycles. The van der Waals surface area contributed by atoms with Crippen molar-refractivity contribution in [1.82, 2.24) is 0 Å². The van der Waals surface area contributed by atoms with Crippen LogP contribution in [0, 0.1) is 0 Å². The topological polar surface area (TPSA) is 157 Å². The fourth-order valence-electron chi connectivity index (χ4n) is 0.768. The van der Waals surface area contributed by atoms with Crippen LogP contribution < -0.4 is 0 Å². The van der Waals surface area contributed by atoms with Gasteiger partial charge in [0.2, 0.25) is 0 Å². The Morgan fingerprint density at radius 3 is 0.760 bits per heavy atom. The van der Waals surface area contributed by atoms with Gasteiger partial charge in [-0.05, 0) is 0 Å². The lowest BCUT2D eigenvalue weighted by Crippen LogP contribution is -2.51. The Morgan fingerprint density at radius 2 is 0.720 bits per heavy atom. The van der Waals surface area contributed by atoms with Gasteiger partial charge in [0.05, 0.1) is 0 Å². The minimum absolute atomic E-state index is 0. The summed E-state index contributed by atoms with van der Waals surface area (Å²) in [6, 6.07) is 0. The molecular formula is C10H36O11Si4. The van der Waals surface area contributed by atoms with Gasteiger partial charge in [-0.2, -0.15) is 0 Å². The van der Waals surface area contributed by atoms with E-state index in [0.29, 0.717) is 0 Å². The molecule has 15 heteroatoms. The average molecular weight is 445 g/mol. The van der Waals surface area contributed by atoms with E-state index >= 15 is 0 Å². The number of hydrogen-bond donors (Lipinski definition) is 5. The van der Waals surface area contributed by atoms with E-state index in [1.165, 1.54) is 20.8 Å². The summed E-state index contributed by atoms with van der Waals surface area (Å²) in [6.07, 6.45) is 0. The maximum absolute atomic E-state index is 8.96. The second-order valence-electron chi connectivity index (χ2n) is 4.75. The van der Waals surface area contributed by atoms with E-state index in [9.17, 15) is 0 Å². The molecule has 0 rings (SSSR count). The predicted molar refractivity (Wildman–Crippen MR) is 100 cm³/mol. The Balaban J connectivity index is -0.000000139. The standard InChI is InChI=1S/C4H14O5Si2.C4H12O3Si.CH6O3Si.CH4/c1-7-11(4,8-2)9-10(3,5)6;1-5-8(4,6-2)7-3;1-5(2,3)4;/h5-6H,1-4H3;1-4H3;2-4H,1H3;1H4. The van der Waals surface area contributed by atoms with Crippen molar-refractivity contribution < 1.29 is 50.2 Å². The molecule has 5 N–H and O–H groups in total. The van der Waals surface area contributed by atoms with E-state index in [1.807, 2.05) is 6.55 Å². The molecule has 0 aromatic heterocycles. The summed E-state index contributed by atoms with van der Waals surface area (Å²) < 4.78 is 29.4. The highest BCUT2D eigenvalue weighted by Gasteiger charge is 2.41. The van der Waals surface area contributed by atoms with Gasteiger partial charge in [0.15, 0.2) is 0 Å². The van der Waals surface area contributed by atoms with Crippen LogP contribution in [0.25, 0.3) is 0 Å². The summed E-state index contributed by atoms with van der Waals surface area (Å²) in [4.78, 5) is 41.2. The van der Waals surface area contributed by atoms with Crippen molar-refractivity contribution in [3.63, 3.8) is 0 Å². The van der Waals surface area contributed by atoms with Gasteiger partial charge in [0.1, 0.15) is 0 Å². The maximum atomic E-state index is 8.96. The van der Waals surface area contributed by atoms with Crippen LogP contribution in [-0.4, -0.2) is 94.7 Å². The van der Waals surface area contributed by atoms with Crippen molar-refractivity contribution in [3.05, 3.63) is 0 Å². The van der Waals surface area contributed by atoms with Crippen LogP contribution in [0.1, 0.15) is 7.43 Å². The van der Waals surface area contributed by atoms with Crippen molar-refractivity contribution >= 4 is 35.2 Å². The van der Waals surface area contributed by atoms with Gasteiger partial charge >= 0.3 is 35.2 Å². The average Bonchev–Trinajstić information content (AvgIpc) is 2.43. The third kappa shape index (κ3) is 26.8. The Kier molecular flexibility index (Phi) is 19.1. The molecule has 0 bridgehead atoms. The Labute approximate surface area is 155 Å². The van der Waals surface area contributed by atoms with E-state index in [2.05, 4.69) is 0 Å². The van der Waals surface area contributed by atoms with Gasteiger partial charge < -0.3 is 50.2 Å². The van der Waals surface area contributed by atoms with Crippen LogP contribution in [0.5, 0.6) is 0 Å². The zero-order valence-electron chi connectivity index (χ0n) is 15.7. The van der Waals surface area contributed by atoms with E-state index < -0.39 is 35.2 Å². The first-order chi connectivity index (χ1) is 10.5. The molecule has 0 aliphatic heterocycles. The normalized spacial score (nSPS) is 12.2. The summed E-state index contributed by atoms with van der Waals surface area (Å²) in [6.45, 7) is 5.64. The van der Waals surface area contributed by atoms with Gasteiger partial charge in [-0.3, -0.25) is 0 Å². The smallest absolute Gasteiger partial charge is 0.390 e. The molecule has 0 unspecified atom stereocenters. The minimum atomic E-state index is -3.61. The third-order valence-corrected chi connectivity index (χ3v) is 8.97. The maximum Gasteiger partial charge on any atom is 0.496 e. The van der Waals surface area contributed by atoms with Crippen LogP contribution in [0.15, 0.2) is 0 Å². The first kappa shape index (κ1) is 33.0. The second-order valence-corrected chi connectivity index (χ2v) is 14.9. The molecule has 158 valence electrons. The molecule has 0 spiro atoms. The summed E-state index contributed by atoms with van der Waals surface area (Å²) in [5.41, 5.74) is 0. The fraction of sp³-hybridized carbons (Fsp3) is 1.00. The highest BCUT2D eigenvalue weighted by molar-refractivity contribution is 6.72. The molecule has 0 aliphatic rings. The molecule has 0 heterocycles. The number of hydrogen-bond acceptors (Lipinski definition) is 11. The van der Waals surface area contributed by atoms with Gasteiger partial charge in [-0.25, -0.2) is 0 Å². The first-order valence-corrected chi connectivity index (χ1v) is 15.7. The van der Waals surface area contributed by atoms with E-state index in [4.69, 9.17) is 50.2 Å². The molecule has 0 saturated carbocycles. The van der Waals surface area contributed by atoms with Crippen molar-refractivity contribution in [2.24, 2.45) is 0 Å². The molecular weight excluding hydrogens is 408 g/mol. The van der Waals surface area contributed by atoms with Gasteiger partial charge in [0, 0.05) is 61.7 Å². The molecule has 0 amide bonds. The molecule has 25 heavy (non-hydrogen) atoms. The van der Waals surface area contributed by atoms with Gasteiger partial charge in [-0.1, -0.05) is 7.43 Å². The van der Waals surface area contributed by atoms with Gasteiger partial charge in [-0.15, -0.1) is 0 Å². The lowest BCUT2D eigenvalue weighted by atomic mass is 11.8. The quantitative estimate of drug-likeness (QED) is 0.309. The number of rotatable bonds is 7. The van der Waals surface area contributed by atoms with E-state index in [-0.39, 0.29) is 7.43 Å². The van der Waals surface area contributed by atoms with Crippen molar-refractivity contribution in [2.45, 2.75) is 33.6 Å². The lowest BCUT2D eigenvalue weighted by molar-refractivity contribution is 0.123. The monoisotopic (exact) mass is 444 g/mol. The van der Waals surface area contributed by atoms with Crippen molar-refractivity contribution in [3.8, 4) is 0 Å². The molecule has 0 saturated heterocycles. The Hall–Kier alpha value is 0.428. The summed E-state index contributed by atoms with van der Waals surface area (Å²) in [5.74, 6) is 0. The summed E-state index contributed by atoms with van der Waals surface area (Å²) in [5, 5.41) is 0. The minimum Gasteiger partial charge on any atom is -0.390 e. The Bertz CT molecular complexity index is 286. The molecule has 0 fully saturated rings. The van der Waals surface area contributed by atoms with Gasteiger partial charge in [0.25, 0.3) is 0 Å². The largest absolute Gasteiger partial charge is 0.496 e. The molecule has 11 nitrogen and oxygen atoms in total. The molecule has 0 radical (unpaired) electrons. The zero-order valence-corrected chi connectivity index (χ0v) is 19.7. The highest BCUT2D eigenvalue weighted by Crippen LogP contribution is 2.10. The SMILES string of the molecule is C.CO[Si](C)(OC)OC.CO[Si](C)(OC)O[Si](C)(O)O.C[Si](O)(O)O. The van der Waals surface area contributed by atoms with Crippen LogP contribution in [0.4, 0.5) is 0 Å². The second kappa shape index (κ2) is 14.5. The third-order valence-electron chi connectivity index (χ3n) is 2.23. The fourth-order valence-corrected chi connectivity index (χ4v) is 4.91. The zero-order chi connectivity index (χ0) is 20.2. The van der Waals surface area contributed by atoms with E-state index in [0.717, 1.165) is 6.55 Å². The highest BCUT2D eigenvalue weighted by atomic mass is 28.5. The van der Waals surface area contributed by atoms with Crippen LogP contribution in [0.2, 0.25) is 26.2 Å². The predicted octanol–water partition coefficient (Wildman–Crippen LogP) is -0.920. The van der Waals surface area contributed by atoms with Crippen molar-refractivity contribution in [1.29, 1.82) is 0 Å². The molecule has 0 atom stereocenters. The molecule has 0 aliphatic carbocycles. The molecule has 0 aromatic rings. The Morgan fingerprint density at radius 1 is 0.520 bits per heavy atom. The summed E-state index contributed by atoms with van der Waals surface area (Å²) >= 11 is 0. The van der Waals surface area contributed by atoms with E-state index in [1.54, 1.807) is 27.9 Å².